The Morgan fingerprint density at radius 1 is 0.938 bits per heavy atom. The first-order valence-corrected chi connectivity index (χ1v) is 4.85. The molecule has 0 aliphatic carbocycles. The lowest BCUT2D eigenvalue weighted by molar-refractivity contribution is 0.145. The summed E-state index contributed by atoms with van der Waals surface area (Å²) < 4.78 is 0. The van der Waals surface area contributed by atoms with Crippen molar-refractivity contribution in [1.29, 1.82) is 0 Å². The predicted molar refractivity (Wildman–Crippen MR) is 60.3 cm³/mol. The van der Waals surface area contributed by atoms with E-state index in [1.54, 1.807) is 18.3 Å². The molecule has 0 aliphatic rings. The zero-order valence-electron chi connectivity index (χ0n) is 8.56. The van der Waals surface area contributed by atoms with Crippen molar-refractivity contribution in [3.05, 3.63) is 61.1 Å². The number of hydrogen-bond donors (Lipinski definition) is 1. The van der Waals surface area contributed by atoms with Gasteiger partial charge in [-0.15, -0.1) is 9.94 Å². The summed E-state index contributed by atoms with van der Waals surface area (Å²) in [7, 11) is 0. The van der Waals surface area contributed by atoms with Crippen LogP contribution >= 0.6 is 0 Å². The molecule has 0 unspecified atom stereocenters. The summed E-state index contributed by atoms with van der Waals surface area (Å²) in [6.45, 7) is 0. The molecular formula is C12H11N3O. The molecular weight excluding hydrogens is 202 g/mol. The van der Waals surface area contributed by atoms with Crippen LogP contribution in [0.25, 0.3) is 11.3 Å². The number of hydrogen-bond acceptors (Lipinski definition) is 3. The van der Waals surface area contributed by atoms with E-state index in [9.17, 15) is 5.21 Å². The SMILES string of the molecule is On1cc(-c2ccccc2)nccccn1. The Bertz CT molecular complexity index is 507. The lowest BCUT2D eigenvalue weighted by Crippen LogP contribution is -1.94. The second-order valence-corrected chi connectivity index (χ2v) is 3.13. The Morgan fingerprint density at radius 3 is 2.50 bits per heavy atom. The molecule has 2 aromatic rings. The first kappa shape index (κ1) is 10.2. The van der Waals surface area contributed by atoms with Gasteiger partial charge in [-0.1, -0.05) is 30.3 Å². The standard InChI is InChI=1S/C12H11N3O/c16-15-10-12(11-6-2-1-3-7-11)13-8-4-5-9-14-15/h1-10,16H. The van der Waals surface area contributed by atoms with Gasteiger partial charge in [-0.25, -0.2) is 0 Å². The first-order valence-electron chi connectivity index (χ1n) is 4.85. The molecule has 4 heteroatoms. The molecule has 1 heterocycles. The number of aromatic nitrogens is 3. The van der Waals surface area contributed by atoms with Gasteiger partial charge in [0, 0.05) is 11.8 Å². The minimum atomic E-state index is 0.645. The van der Waals surface area contributed by atoms with Crippen LogP contribution in [0.1, 0.15) is 0 Å². The van der Waals surface area contributed by atoms with Gasteiger partial charge in [0.1, 0.15) is 0 Å². The third-order valence-corrected chi connectivity index (χ3v) is 1.99. The molecule has 0 fully saturated rings. The lowest BCUT2D eigenvalue weighted by Gasteiger charge is -1.97. The fraction of sp³-hybridized carbons (Fsp3) is 0. The smallest absolute Gasteiger partial charge is 0.0917 e. The van der Waals surface area contributed by atoms with Crippen LogP contribution < -0.4 is 0 Å². The van der Waals surface area contributed by atoms with E-state index >= 15 is 0 Å². The highest BCUT2D eigenvalue weighted by molar-refractivity contribution is 5.56. The second-order valence-electron chi connectivity index (χ2n) is 3.13. The summed E-state index contributed by atoms with van der Waals surface area (Å²) in [6, 6.07) is 13.0. The number of benzene rings is 1. The average Bonchev–Trinajstić information content (AvgIpc) is 2.42. The Hall–Kier alpha value is -2.36. The van der Waals surface area contributed by atoms with E-state index < -0.39 is 0 Å². The molecule has 2 rings (SSSR count). The second kappa shape index (κ2) is 4.93. The van der Waals surface area contributed by atoms with Crippen LogP contribution in [0.3, 0.4) is 0 Å². The molecule has 0 bridgehead atoms. The Balaban J connectivity index is 2.58. The van der Waals surface area contributed by atoms with Crippen LogP contribution in [0.4, 0.5) is 0 Å². The molecule has 1 aromatic carbocycles. The van der Waals surface area contributed by atoms with Gasteiger partial charge in [0.2, 0.25) is 0 Å². The summed E-state index contributed by atoms with van der Waals surface area (Å²) in [5.74, 6) is 0. The highest BCUT2D eigenvalue weighted by atomic mass is 16.5. The van der Waals surface area contributed by atoms with Crippen LogP contribution in [0.5, 0.6) is 0 Å². The molecule has 0 saturated heterocycles. The van der Waals surface area contributed by atoms with Crippen LogP contribution in [0.15, 0.2) is 61.1 Å². The summed E-state index contributed by atoms with van der Waals surface area (Å²) >= 11 is 0. The van der Waals surface area contributed by atoms with Crippen molar-refractivity contribution in [3.63, 3.8) is 0 Å². The molecule has 16 heavy (non-hydrogen) atoms. The number of rotatable bonds is 1. The van der Waals surface area contributed by atoms with Crippen molar-refractivity contribution in [2.75, 3.05) is 0 Å². The quantitative estimate of drug-likeness (QED) is 0.739. The largest absolute Gasteiger partial charge is 0.412 e. The maximum Gasteiger partial charge on any atom is 0.0917 e. The van der Waals surface area contributed by atoms with Gasteiger partial charge in [0.05, 0.1) is 18.1 Å². The molecule has 0 saturated carbocycles. The lowest BCUT2D eigenvalue weighted by atomic mass is 10.2. The van der Waals surface area contributed by atoms with Gasteiger partial charge < -0.3 is 5.21 Å². The molecule has 0 aliphatic heterocycles. The summed E-state index contributed by atoms with van der Waals surface area (Å²) in [5, 5.41) is 13.2. The molecule has 80 valence electrons. The van der Waals surface area contributed by atoms with E-state index in [0.717, 1.165) is 10.4 Å². The molecule has 1 aromatic heterocycles. The fourth-order valence-corrected chi connectivity index (χ4v) is 1.26. The third kappa shape index (κ3) is 2.57. The Kier molecular flexibility index (Phi) is 3.13. The van der Waals surface area contributed by atoms with Crippen molar-refractivity contribution < 1.29 is 5.21 Å². The van der Waals surface area contributed by atoms with Crippen LogP contribution in [-0.2, 0) is 0 Å². The van der Waals surface area contributed by atoms with Gasteiger partial charge in [-0.05, 0) is 12.1 Å². The Morgan fingerprint density at radius 2 is 1.69 bits per heavy atom. The Labute approximate surface area is 93.1 Å². The van der Waals surface area contributed by atoms with E-state index in [2.05, 4.69) is 10.1 Å². The van der Waals surface area contributed by atoms with E-state index in [1.807, 2.05) is 30.3 Å². The molecule has 0 atom stereocenters. The van der Waals surface area contributed by atoms with Crippen LogP contribution in [0.2, 0.25) is 0 Å². The monoisotopic (exact) mass is 213 g/mol. The normalized spacial score (nSPS) is 9.50. The zero-order chi connectivity index (χ0) is 11.2. The van der Waals surface area contributed by atoms with Gasteiger partial charge in [0.15, 0.2) is 0 Å². The van der Waals surface area contributed by atoms with E-state index in [1.165, 1.54) is 12.4 Å². The molecule has 0 amide bonds. The summed E-state index contributed by atoms with van der Waals surface area (Å²) in [4.78, 5) is 4.98. The minimum absolute atomic E-state index is 0.645. The van der Waals surface area contributed by atoms with E-state index in [0.29, 0.717) is 5.69 Å². The van der Waals surface area contributed by atoms with Gasteiger partial charge in [-0.2, -0.15) is 0 Å². The molecule has 1 N–H and O–H groups in total. The zero-order valence-corrected chi connectivity index (χ0v) is 8.56. The first-order chi connectivity index (χ1) is 7.86. The van der Waals surface area contributed by atoms with Gasteiger partial charge in [0.25, 0.3) is 0 Å². The van der Waals surface area contributed by atoms with Gasteiger partial charge >= 0.3 is 0 Å². The van der Waals surface area contributed by atoms with E-state index in [-0.39, 0.29) is 0 Å². The van der Waals surface area contributed by atoms with Crippen molar-refractivity contribution >= 4 is 0 Å². The van der Waals surface area contributed by atoms with Crippen molar-refractivity contribution in [3.8, 4) is 11.3 Å². The summed E-state index contributed by atoms with van der Waals surface area (Å²) in [5.41, 5.74) is 1.56. The molecule has 0 spiro atoms. The van der Waals surface area contributed by atoms with Crippen LogP contribution in [-0.4, -0.2) is 20.1 Å². The summed E-state index contributed by atoms with van der Waals surface area (Å²) in [6.07, 6.45) is 4.59. The number of nitrogens with zero attached hydrogens (tertiary/aromatic N) is 3. The molecule has 4 nitrogen and oxygen atoms in total. The predicted octanol–water partition coefficient (Wildman–Crippen LogP) is 2.31. The third-order valence-electron chi connectivity index (χ3n) is 1.99. The maximum atomic E-state index is 9.42. The topological polar surface area (TPSA) is 50.9 Å². The maximum absolute atomic E-state index is 9.42. The van der Waals surface area contributed by atoms with E-state index in [4.69, 9.17) is 0 Å². The molecule has 0 radical (unpaired) electrons. The van der Waals surface area contributed by atoms with Crippen molar-refractivity contribution in [2.24, 2.45) is 0 Å². The highest BCUT2D eigenvalue weighted by Crippen LogP contribution is 2.13. The van der Waals surface area contributed by atoms with Crippen molar-refractivity contribution in [2.45, 2.75) is 0 Å². The van der Waals surface area contributed by atoms with Gasteiger partial charge in [-0.3, -0.25) is 4.98 Å². The highest BCUT2D eigenvalue weighted by Gasteiger charge is 1.95. The van der Waals surface area contributed by atoms with Crippen molar-refractivity contribution in [1.82, 2.24) is 14.9 Å². The van der Waals surface area contributed by atoms with Crippen LogP contribution in [0, 0.1) is 0 Å². The minimum Gasteiger partial charge on any atom is -0.412 e. The average molecular weight is 213 g/mol. The fourth-order valence-electron chi connectivity index (χ4n) is 1.26.